The molecule has 0 spiro atoms. The van der Waals surface area contributed by atoms with Crippen LogP contribution in [0.3, 0.4) is 0 Å². The van der Waals surface area contributed by atoms with E-state index in [4.69, 9.17) is 11.6 Å². The van der Waals surface area contributed by atoms with Crippen LogP contribution in [0.5, 0.6) is 0 Å². The third-order valence-corrected chi connectivity index (χ3v) is 4.42. The Morgan fingerprint density at radius 2 is 2.21 bits per heavy atom. The summed E-state index contributed by atoms with van der Waals surface area (Å²) in [4.78, 5) is 1.30. The van der Waals surface area contributed by atoms with Crippen LogP contribution in [0.25, 0.3) is 0 Å². The molecule has 2 aromatic heterocycles. The Hall–Kier alpha value is -0.840. The summed E-state index contributed by atoms with van der Waals surface area (Å²) in [5.74, 6) is 0. The molecule has 2 aromatic rings. The van der Waals surface area contributed by atoms with Crippen molar-refractivity contribution in [2.45, 2.75) is 32.7 Å². The molecule has 0 aliphatic carbocycles. The number of aryl methyl sites for hydroxylation is 2. The lowest BCUT2D eigenvalue weighted by molar-refractivity contribution is 0.510. The van der Waals surface area contributed by atoms with Crippen molar-refractivity contribution in [1.29, 1.82) is 0 Å². The predicted octanol–water partition coefficient (Wildman–Crippen LogP) is 3.59. The van der Waals surface area contributed by atoms with E-state index in [2.05, 4.69) is 36.4 Å². The normalized spacial score (nSPS) is 12.8. The van der Waals surface area contributed by atoms with E-state index in [-0.39, 0.29) is 6.04 Å². The maximum Gasteiger partial charge on any atom is 0.0931 e. The van der Waals surface area contributed by atoms with Crippen molar-refractivity contribution in [2.75, 3.05) is 6.54 Å². The van der Waals surface area contributed by atoms with E-state index in [0.717, 1.165) is 29.4 Å². The highest BCUT2D eigenvalue weighted by molar-refractivity contribution is 7.16. The first-order chi connectivity index (χ1) is 9.13. The molecule has 0 saturated heterocycles. The van der Waals surface area contributed by atoms with Gasteiger partial charge in [-0.25, -0.2) is 0 Å². The first-order valence-corrected chi connectivity index (χ1v) is 7.83. The summed E-state index contributed by atoms with van der Waals surface area (Å²) in [5, 5.41) is 8.07. The molecule has 5 heteroatoms. The van der Waals surface area contributed by atoms with Crippen molar-refractivity contribution in [3.8, 4) is 0 Å². The fourth-order valence-corrected chi connectivity index (χ4v) is 3.37. The van der Waals surface area contributed by atoms with Gasteiger partial charge in [0.25, 0.3) is 0 Å². The van der Waals surface area contributed by atoms with Crippen LogP contribution in [-0.2, 0) is 19.9 Å². The summed E-state index contributed by atoms with van der Waals surface area (Å²) in [6.07, 6.45) is 1.92. The van der Waals surface area contributed by atoms with Gasteiger partial charge in [-0.15, -0.1) is 11.3 Å². The highest BCUT2D eigenvalue weighted by atomic mass is 35.5. The lowest BCUT2D eigenvalue weighted by atomic mass is 10.1. The van der Waals surface area contributed by atoms with Crippen LogP contribution in [0.2, 0.25) is 4.34 Å². The summed E-state index contributed by atoms with van der Waals surface area (Å²) in [6.45, 7) is 5.20. The Bertz CT molecular complexity index is 533. The molecular formula is C14H20ClN3S. The van der Waals surface area contributed by atoms with E-state index in [1.54, 1.807) is 11.3 Å². The highest BCUT2D eigenvalue weighted by Gasteiger charge is 2.17. The molecule has 1 unspecified atom stereocenters. The Labute approximate surface area is 123 Å². The van der Waals surface area contributed by atoms with Gasteiger partial charge in [-0.3, -0.25) is 4.68 Å². The average molecular weight is 298 g/mol. The smallest absolute Gasteiger partial charge is 0.0931 e. The zero-order valence-electron chi connectivity index (χ0n) is 11.6. The van der Waals surface area contributed by atoms with Gasteiger partial charge in [0.1, 0.15) is 0 Å². The van der Waals surface area contributed by atoms with Crippen LogP contribution in [0.1, 0.15) is 36.2 Å². The van der Waals surface area contributed by atoms with Gasteiger partial charge in [0.15, 0.2) is 0 Å². The lowest BCUT2D eigenvalue weighted by Gasteiger charge is -2.17. The van der Waals surface area contributed by atoms with Crippen LogP contribution in [-0.4, -0.2) is 16.3 Å². The molecule has 0 amide bonds. The van der Waals surface area contributed by atoms with Gasteiger partial charge in [0, 0.05) is 18.3 Å². The number of halogens is 1. The quantitative estimate of drug-likeness (QED) is 0.883. The molecule has 2 heterocycles. The van der Waals surface area contributed by atoms with Crippen molar-refractivity contribution in [2.24, 2.45) is 7.05 Å². The van der Waals surface area contributed by atoms with Crippen molar-refractivity contribution in [3.63, 3.8) is 0 Å². The molecule has 2 rings (SSSR count). The highest BCUT2D eigenvalue weighted by Crippen LogP contribution is 2.26. The number of likely N-dealkylation sites (N-methyl/N-ethyl adjacent to an activating group) is 1. The molecule has 0 aromatic carbocycles. The van der Waals surface area contributed by atoms with Crippen molar-refractivity contribution in [1.82, 2.24) is 15.1 Å². The van der Waals surface area contributed by atoms with E-state index in [1.807, 2.05) is 17.8 Å². The van der Waals surface area contributed by atoms with E-state index >= 15 is 0 Å². The minimum absolute atomic E-state index is 0.289. The first kappa shape index (κ1) is 14.6. The zero-order chi connectivity index (χ0) is 13.8. The monoisotopic (exact) mass is 297 g/mol. The third-order valence-electron chi connectivity index (χ3n) is 3.17. The van der Waals surface area contributed by atoms with Crippen LogP contribution >= 0.6 is 22.9 Å². The second-order valence-electron chi connectivity index (χ2n) is 4.56. The number of aromatic nitrogens is 2. The topological polar surface area (TPSA) is 29.9 Å². The molecule has 19 heavy (non-hydrogen) atoms. The Morgan fingerprint density at radius 1 is 1.42 bits per heavy atom. The maximum absolute atomic E-state index is 6.01. The summed E-state index contributed by atoms with van der Waals surface area (Å²) >= 11 is 7.66. The van der Waals surface area contributed by atoms with Crippen molar-refractivity contribution < 1.29 is 0 Å². The van der Waals surface area contributed by atoms with Crippen molar-refractivity contribution in [3.05, 3.63) is 38.8 Å². The van der Waals surface area contributed by atoms with Gasteiger partial charge in [0.05, 0.1) is 21.8 Å². The lowest BCUT2D eigenvalue weighted by Crippen LogP contribution is -2.24. The zero-order valence-corrected chi connectivity index (χ0v) is 13.2. The molecule has 0 fully saturated rings. The molecule has 1 N–H and O–H groups in total. The molecule has 0 bridgehead atoms. The van der Waals surface area contributed by atoms with Crippen LogP contribution in [0, 0.1) is 0 Å². The van der Waals surface area contributed by atoms with E-state index in [1.165, 1.54) is 10.6 Å². The fourth-order valence-electron chi connectivity index (χ4n) is 2.23. The maximum atomic E-state index is 6.01. The number of hydrogen-bond donors (Lipinski definition) is 1. The minimum atomic E-state index is 0.289. The summed E-state index contributed by atoms with van der Waals surface area (Å²) in [5.41, 5.74) is 2.38. The molecular weight excluding hydrogens is 278 g/mol. The summed E-state index contributed by atoms with van der Waals surface area (Å²) in [7, 11) is 2.01. The molecule has 104 valence electrons. The molecule has 3 nitrogen and oxygen atoms in total. The number of nitrogens with zero attached hydrogens (tertiary/aromatic N) is 2. The number of thiophene rings is 1. The van der Waals surface area contributed by atoms with Gasteiger partial charge in [-0.05, 0) is 31.2 Å². The van der Waals surface area contributed by atoms with Gasteiger partial charge in [-0.2, -0.15) is 5.10 Å². The van der Waals surface area contributed by atoms with Crippen molar-refractivity contribution >= 4 is 22.9 Å². The average Bonchev–Trinajstić information content (AvgIpc) is 2.95. The Morgan fingerprint density at radius 3 is 2.74 bits per heavy atom. The van der Waals surface area contributed by atoms with Gasteiger partial charge in [0.2, 0.25) is 0 Å². The van der Waals surface area contributed by atoms with Gasteiger partial charge >= 0.3 is 0 Å². The first-order valence-electron chi connectivity index (χ1n) is 6.64. The predicted molar refractivity (Wildman–Crippen MR) is 82.0 cm³/mol. The summed E-state index contributed by atoms with van der Waals surface area (Å²) in [6, 6.07) is 6.56. The van der Waals surface area contributed by atoms with Crippen LogP contribution in [0.15, 0.2) is 18.2 Å². The van der Waals surface area contributed by atoms with E-state index in [9.17, 15) is 0 Å². The molecule has 0 saturated carbocycles. The second-order valence-corrected chi connectivity index (χ2v) is 6.36. The molecule has 0 aliphatic heterocycles. The molecule has 1 atom stereocenters. The molecule has 0 aliphatic rings. The largest absolute Gasteiger partial charge is 0.309 e. The Kier molecular flexibility index (Phi) is 5.02. The van der Waals surface area contributed by atoms with E-state index < -0.39 is 0 Å². The van der Waals surface area contributed by atoms with Gasteiger partial charge < -0.3 is 5.32 Å². The second kappa shape index (κ2) is 6.55. The Balaban J connectivity index is 2.21. The molecule has 0 radical (unpaired) electrons. The number of rotatable bonds is 6. The van der Waals surface area contributed by atoms with Crippen LogP contribution < -0.4 is 5.32 Å². The van der Waals surface area contributed by atoms with Crippen LogP contribution in [0.4, 0.5) is 0 Å². The van der Waals surface area contributed by atoms with E-state index in [0.29, 0.717) is 0 Å². The fraction of sp³-hybridized carbons (Fsp3) is 0.500. The minimum Gasteiger partial charge on any atom is -0.309 e. The SMILES string of the molecule is CCNC(Cc1ccc(Cl)s1)c1cc(CC)nn1C. The third kappa shape index (κ3) is 3.59. The standard InChI is InChI=1S/C14H20ClN3S/c1-4-10-8-13(18(3)17-10)12(16-5-2)9-11-6-7-14(15)19-11/h6-8,12,16H,4-5,9H2,1-3H3. The number of hydrogen-bond acceptors (Lipinski definition) is 3. The summed E-state index contributed by atoms with van der Waals surface area (Å²) < 4.78 is 2.84. The van der Waals surface area contributed by atoms with Gasteiger partial charge in [-0.1, -0.05) is 25.4 Å². The number of nitrogens with one attached hydrogen (secondary N) is 1.